The van der Waals surface area contributed by atoms with E-state index in [1.165, 1.54) is 76.2 Å². The van der Waals surface area contributed by atoms with Gasteiger partial charge in [0.25, 0.3) is 0 Å². The van der Waals surface area contributed by atoms with Gasteiger partial charge in [0.2, 0.25) is 0 Å². The van der Waals surface area contributed by atoms with Gasteiger partial charge in [-0.2, -0.15) is 0 Å². The van der Waals surface area contributed by atoms with Gasteiger partial charge in [0.15, 0.2) is 0 Å². The van der Waals surface area contributed by atoms with E-state index in [0.717, 1.165) is 36.0 Å². The molecular weight excluding hydrogens is 304 g/mol. The molecule has 0 aromatic heterocycles. The molecule has 25 heavy (non-hydrogen) atoms. The van der Waals surface area contributed by atoms with Crippen molar-refractivity contribution < 1.29 is 4.74 Å². The highest BCUT2D eigenvalue weighted by molar-refractivity contribution is 5.29. The van der Waals surface area contributed by atoms with E-state index < -0.39 is 0 Å². The summed E-state index contributed by atoms with van der Waals surface area (Å²) < 4.78 is 6.00. The van der Waals surface area contributed by atoms with E-state index in [4.69, 9.17) is 4.74 Å². The van der Waals surface area contributed by atoms with E-state index in [2.05, 4.69) is 38.1 Å². The molecule has 1 nitrogen and oxygen atoms in total. The summed E-state index contributed by atoms with van der Waals surface area (Å²) in [6, 6.07) is 9.00. The summed E-state index contributed by atoms with van der Waals surface area (Å²) in [5.41, 5.74) is 1.52. The molecule has 2 saturated carbocycles. The monoisotopic (exact) mass is 342 g/mol. The molecule has 1 heteroatoms. The fourth-order valence-electron chi connectivity index (χ4n) is 4.92. The fourth-order valence-corrected chi connectivity index (χ4v) is 4.92. The molecule has 0 N–H and O–H groups in total. The van der Waals surface area contributed by atoms with Crippen LogP contribution in [0.25, 0.3) is 0 Å². The second kappa shape index (κ2) is 9.64. The first-order valence-electron chi connectivity index (χ1n) is 11.0. The SMILES string of the molecule is CC[C@H]1CC[C@H](CCCOc2ccc([C@H]3CC[C@H](C)CC3)cc2)CC1. The number of rotatable bonds is 7. The molecule has 2 aliphatic carbocycles. The van der Waals surface area contributed by atoms with Gasteiger partial charge in [-0.3, -0.25) is 0 Å². The number of hydrogen-bond donors (Lipinski definition) is 0. The smallest absolute Gasteiger partial charge is 0.119 e. The van der Waals surface area contributed by atoms with Crippen LogP contribution in [0.1, 0.15) is 96.0 Å². The summed E-state index contributed by atoms with van der Waals surface area (Å²) in [6.45, 7) is 5.62. The van der Waals surface area contributed by atoms with Gasteiger partial charge in [0, 0.05) is 0 Å². The van der Waals surface area contributed by atoms with Gasteiger partial charge in [-0.05, 0) is 67.1 Å². The molecular formula is C24H38O. The van der Waals surface area contributed by atoms with Crippen LogP contribution in [0, 0.1) is 17.8 Å². The van der Waals surface area contributed by atoms with Crippen molar-refractivity contribution in [2.75, 3.05) is 6.61 Å². The largest absolute Gasteiger partial charge is 0.494 e. The van der Waals surface area contributed by atoms with Gasteiger partial charge in [-0.1, -0.05) is 70.9 Å². The van der Waals surface area contributed by atoms with Crippen molar-refractivity contribution in [2.24, 2.45) is 17.8 Å². The van der Waals surface area contributed by atoms with Gasteiger partial charge < -0.3 is 4.74 Å². The molecule has 0 heterocycles. The van der Waals surface area contributed by atoms with E-state index in [0.29, 0.717) is 0 Å². The number of benzene rings is 1. The zero-order chi connectivity index (χ0) is 17.5. The summed E-state index contributed by atoms with van der Waals surface area (Å²) in [6.07, 6.45) is 15.3. The second-order valence-corrected chi connectivity index (χ2v) is 8.81. The van der Waals surface area contributed by atoms with Gasteiger partial charge in [0.05, 0.1) is 6.61 Å². The first-order chi connectivity index (χ1) is 12.2. The molecule has 0 spiro atoms. The van der Waals surface area contributed by atoms with E-state index in [9.17, 15) is 0 Å². The summed E-state index contributed by atoms with van der Waals surface area (Å²) in [5.74, 6) is 4.74. The molecule has 2 fully saturated rings. The van der Waals surface area contributed by atoms with Gasteiger partial charge in [-0.15, -0.1) is 0 Å². The Kier molecular flexibility index (Phi) is 7.25. The highest BCUT2D eigenvalue weighted by atomic mass is 16.5. The average Bonchev–Trinajstić information content (AvgIpc) is 2.67. The van der Waals surface area contributed by atoms with Crippen LogP contribution in [0.15, 0.2) is 24.3 Å². The van der Waals surface area contributed by atoms with E-state index in [1.807, 2.05) is 0 Å². The summed E-state index contributed by atoms with van der Waals surface area (Å²) in [7, 11) is 0. The van der Waals surface area contributed by atoms with Crippen LogP contribution in [0.4, 0.5) is 0 Å². The number of ether oxygens (including phenoxy) is 1. The lowest BCUT2D eigenvalue weighted by Crippen LogP contribution is -2.14. The molecule has 0 atom stereocenters. The van der Waals surface area contributed by atoms with E-state index in [1.54, 1.807) is 0 Å². The molecule has 0 unspecified atom stereocenters. The van der Waals surface area contributed by atoms with Gasteiger partial charge >= 0.3 is 0 Å². The maximum absolute atomic E-state index is 6.00. The topological polar surface area (TPSA) is 9.23 Å². The minimum Gasteiger partial charge on any atom is -0.494 e. The lowest BCUT2D eigenvalue weighted by atomic mass is 9.79. The molecule has 0 bridgehead atoms. The lowest BCUT2D eigenvalue weighted by Gasteiger charge is -2.27. The lowest BCUT2D eigenvalue weighted by molar-refractivity contribution is 0.234. The highest BCUT2D eigenvalue weighted by Crippen LogP contribution is 2.36. The Balaban J connectivity index is 1.33. The molecule has 0 radical (unpaired) electrons. The first-order valence-corrected chi connectivity index (χ1v) is 11.0. The van der Waals surface area contributed by atoms with Crippen molar-refractivity contribution in [3.05, 3.63) is 29.8 Å². The van der Waals surface area contributed by atoms with Gasteiger partial charge in [-0.25, -0.2) is 0 Å². The van der Waals surface area contributed by atoms with E-state index in [-0.39, 0.29) is 0 Å². The summed E-state index contributed by atoms with van der Waals surface area (Å²) >= 11 is 0. The van der Waals surface area contributed by atoms with Crippen molar-refractivity contribution >= 4 is 0 Å². The second-order valence-electron chi connectivity index (χ2n) is 8.81. The third-order valence-corrected chi connectivity index (χ3v) is 6.94. The molecule has 0 amide bonds. The highest BCUT2D eigenvalue weighted by Gasteiger charge is 2.20. The number of hydrogen-bond acceptors (Lipinski definition) is 1. The summed E-state index contributed by atoms with van der Waals surface area (Å²) in [4.78, 5) is 0. The Labute approximate surface area is 155 Å². The minimum absolute atomic E-state index is 0.781. The predicted octanol–water partition coefficient (Wildman–Crippen LogP) is 7.36. The van der Waals surface area contributed by atoms with Crippen LogP contribution in [0.3, 0.4) is 0 Å². The third-order valence-electron chi connectivity index (χ3n) is 6.94. The Morgan fingerprint density at radius 2 is 1.48 bits per heavy atom. The van der Waals surface area contributed by atoms with E-state index >= 15 is 0 Å². The standard InChI is InChI=1S/C24H38O/c1-3-20-8-10-21(11-9-20)5-4-18-25-24-16-14-23(15-17-24)22-12-6-19(2)7-13-22/h14-17,19-22H,3-13,18H2,1-2H3/t19-,20-,21-,22-. The normalized spacial score (nSPS) is 30.2. The molecule has 140 valence electrons. The third kappa shape index (κ3) is 5.76. The Bertz CT molecular complexity index is 475. The van der Waals surface area contributed by atoms with Crippen LogP contribution in [0.2, 0.25) is 0 Å². The molecule has 0 aliphatic heterocycles. The van der Waals surface area contributed by atoms with Crippen LogP contribution in [-0.2, 0) is 0 Å². The Morgan fingerprint density at radius 1 is 0.840 bits per heavy atom. The molecule has 2 aliphatic rings. The fraction of sp³-hybridized carbons (Fsp3) is 0.750. The maximum atomic E-state index is 6.00. The van der Waals surface area contributed by atoms with Gasteiger partial charge in [0.1, 0.15) is 5.75 Å². The van der Waals surface area contributed by atoms with Crippen molar-refractivity contribution in [1.82, 2.24) is 0 Å². The minimum atomic E-state index is 0.781. The van der Waals surface area contributed by atoms with Crippen LogP contribution in [0.5, 0.6) is 5.75 Å². The zero-order valence-electron chi connectivity index (χ0n) is 16.5. The average molecular weight is 343 g/mol. The zero-order valence-corrected chi connectivity index (χ0v) is 16.5. The van der Waals surface area contributed by atoms with Crippen molar-refractivity contribution in [1.29, 1.82) is 0 Å². The van der Waals surface area contributed by atoms with Crippen LogP contribution in [-0.4, -0.2) is 6.61 Å². The predicted molar refractivity (Wildman–Crippen MR) is 107 cm³/mol. The van der Waals surface area contributed by atoms with Crippen LogP contribution < -0.4 is 4.74 Å². The first kappa shape index (κ1) is 18.8. The van der Waals surface area contributed by atoms with Crippen molar-refractivity contribution in [3.8, 4) is 5.75 Å². The van der Waals surface area contributed by atoms with Crippen molar-refractivity contribution in [2.45, 2.75) is 90.4 Å². The summed E-state index contributed by atoms with van der Waals surface area (Å²) in [5, 5.41) is 0. The molecule has 3 rings (SSSR count). The molecule has 0 saturated heterocycles. The van der Waals surface area contributed by atoms with Crippen LogP contribution >= 0.6 is 0 Å². The Morgan fingerprint density at radius 3 is 2.12 bits per heavy atom. The van der Waals surface area contributed by atoms with Crippen molar-refractivity contribution in [3.63, 3.8) is 0 Å². The quantitative estimate of drug-likeness (QED) is 0.470. The molecule has 1 aromatic rings. The Hall–Kier alpha value is -0.980. The molecule has 1 aromatic carbocycles. The maximum Gasteiger partial charge on any atom is 0.119 e.